The normalized spacial score (nSPS) is 22.2. The van der Waals surface area contributed by atoms with E-state index in [1.54, 1.807) is 6.92 Å². The number of alkyl halides is 3. The lowest BCUT2D eigenvalue weighted by molar-refractivity contribution is -0.144. The zero-order chi connectivity index (χ0) is 18.8. The highest BCUT2D eigenvalue weighted by Gasteiger charge is 2.35. The van der Waals surface area contributed by atoms with Gasteiger partial charge in [-0.3, -0.25) is 14.5 Å². The van der Waals surface area contributed by atoms with Crippen LogP contribution < -0.4 is 5.56 Å². The van der Waals surface area contributed by atoms with Crippen molar-refractivity contribution < 1.29 is 22.7 Å². The topological polar surface area (TPSA) is 51.5 Å². The summed E-state index contributed by atoms with van der Waals surface area (Å²) >= 11 is 0. The molecule has 1 aromatic heterocycles. The number of carbonyl (C=O) groups is 1. The predicted octanol–water partition coefficient (Wildman–Crippen LogP) is 2.57. The maximum Gasteiger partial charge on any atom is 0.431 e. The molecule has 0 saturated carbocycles. The lowest BCUT2D eigenvalue weighted by atomic mass is 10.1. The molecule has 2 atom stereocenters. The third-order valence-electron chi connectivity index (χ3n) is 4.22. The average Bonchev–Trinajstić information content (AvgIpc) is 2.50. The summed E-state index contributed by atoms with van der Waals surface area (Å²) in [6, 6.07) is 1.79. The minimum Gasteiger partial charge on any atom is -0.373 e. The lowest BCUT2D eigenvalue weighted by Crippen LogP contribution is -2.47. The SMILES string of the molecule is CCC(=O)c1ccc(C(F)(F)F)n(CCN2C[C@H](C)O[C@@H](C)C2)c1=O. The van der Waals surface area contributed by atoms with Crippen molar-refractivity contribution in [1.82, 2.24) is 9.47 Å². The van der Waals surface area contributed by atoms with E-state index in [2.05, 4.69) is 0 Å². The Morgan fingerprint density at radius 3 is 2.32 bits per heavy atom. The van der Waals surface area contributed by atoms with Gasteiger partial charge in [-0.2, -0.15) is 13.2 Å². The Labute approximate surface area is 144 Å². The summed E-state index contributed by atoms with van der Waals surface area (Å²) in [5, 5.41) is 0. The Morgan fingerprint density at radius 2 is 1.80 bits per heavy atom. The highest BCUT2D eigenvalue weighted by molar-refractivity contribution is 5.95. The number of aromatic nitrogens is 1. The Balaban J connectivity index is 2.30. The summed E-state index contributed by atoms with van der Waals surface area (Å²) < 4.78 is 46.0. The fraction of sp³-hybridized carbons (Fsp3) is 0.647. The van der Waals surface area contributed by atoms with Gasteiger partial charge in [-0.25, -0.2) is 0 Å². The zero-order valence-electron chi connectivity index (χ0n) is 14.6. The van der Waals surface area contributed by atoms with Crippen molar-refractivity contribution in [2.45, 2.75) is 52.1 Å². The number of pyridine rings is 1. The number of morpholine rings is 1. The van der Waals surface area contributed by atoms with Crippen molar-refractivity contribution in [3.05, 3.63) is 33.7 Å². The number of hydrogen-bond acceptors (Lipinski definition) is 4. The van der Waals surface area contributed by atoms with E-state index in [1.807, 2.05) is 18.7 Å². The van der Waals surface area contributed by atoms with Crippen molar-refractivity contribution in [3.8, 4) is 0 Å². The molecule has 2 heterocycles. The summed E-state index contributed by atoms with van der Waals surface area (Å²) in [6.07, 6.45) is -4.62. The number of ether oxygens (including phenoxy) is 1. The van der Waals surface area contributed by atoms with E-state index in [9.17, 15) is 22.8 Å². The van der Waals surface area contributed by atoms with Gasteiger partial charge in [0.25, 0.3) is 5.56 Å². The van der Waals surface area contributed by atoms with Gasteiger partial charge >= 0.3 is 6.18 Å². The van der Waals surface area contributed by atoms with Gasteiger partial charge in [-0.05, 0) is 26.0 Å². The highest BCUT2D eigenvalue weighted by atomic mass is 19.4. The van der Waals surface area contributed by atoms with Crippen molar-refractivity contribution in [2.24, 2.45) is 0 Å². The van der Waals surface area contributed by atoms with E-state index in [1.165, 1.54) is 0 Å². The molecule has 0 bridgehead atoms. The molecule has 0 aromatic carbocycles. The average molecular weight is 360 g/mol. The molecule has 25 heavy (non-hydrogen) atoms. The molecule has 8 heteroatoms. The van der Waals surface area contributed by atoms with Crippen molar-refractivity contribution in [2.75, 3.05) is 19.6 Å². The molecule has 5 nitrogen and oxygen atoms in total. The number of hydrogen-bond donors (Lipinski definition) is 0. The van der Waals surface area contributed by atoms with Crippen LogP contribution in [-0.4, -0.2) is 47.1 Å². The van der Waals surface area contributed by atoms with Gasteiger partial charge in [-0.1, -0.05) is 6.92 Å². The third kappa shape index (κ3) is 4.70. The first kappa shape index (κ1) is 19.7. The van der Waals surface area contributed by atoms with E-state index in [0.29, 0.717) is 17.7 Å². The molecule has 1 aliphatic rings. The number of carbonyl (C=O) groups excluding carboxylic acids is 1. The van der Waals surface area contributed by atoms with Gasteiger partial charge in [0, 0.05) is 32.6 Å². The molecule has 0 radical (unpaired) electrons. The zero-order valence-corrected chi connectivity index (χ0v) is 14.6. The number of nitrogens with zero attached hydrogens (tertiary/aromatic N) is 2. The van der Waals surface area contributed by atoms with Crippen LogP contribution in [0, 0.1) is 0 Å². The summed E-state index contributed by atoms with van der Waals surface area (Å²) in [6.45, 7) is 6.71. The second-order valence-corrected chi connectivity index (χ2v) is 6.38. The van der Waals surface area contributed by atoms with Crippen LogP contribution in [0.4, 0.5) is 13.2 Å². The van der Waals surface area contributed by atoms with Crippen molar-refractivity contribution >= 4 is 5.78 Å². The first-order chi connectivity index (χ1) is 11.6. The Hall–Kier alpha value is -1.67. The summed E-state index contributed by atoms with van der Waals surface area (Å²) in [5.74, 6) is -0.457. The van der Waals surface area contributed by atoms with Crippen LogP contribution in [0.15, 0.2) is 16.9 Å². The minimum absolute atomic E-state index is 0.0180. The van der Waals surface area contributed by atoms with E-state index < -0.39 is 23.2 Å². The second-order valence-electron chi connectivity index (χ2n) is 6.38. The first-order valence-electron chi connectivity index (χ1n) is 8.35. The molecular weight excluding hydrogens is 337 g/mol. The molecule has 0 amide bonds. The summed E-state index contributed by atoms with van der Waals surface area (Å²) in [5.41, 5.74) is -2.10. The molecule has 2 rings (SSSR count). The molecule has 0 unspecified atom stereocenters. The minimum atomic E-state index is -4.65. The van der Waals surface area contributed by atoms with Crippen LogP contribution in [0.25, 0.3) is 0 Å². The van der Waals surface area contributed by atoms with Crippen LogP contribution in [0.2, 0.25) is 0 Å². The molecule has 1 aliphatic heterocycles. The molecule has 0 spiro atoms. The predicted molar refractivity (Wildman–Crippen MR) is 86.8 cm³/mol. The highest BCUT2D eigenvalue weighted by Crippen LogP contribution is 2.28. The van der Waals surface area contributed by atoms with Gasteiger partial charge in [0.05, 0.1) is 17.8 Å². The molecule has 1 aromatic rings. The smallest absolute Gasteiger partial charge is 0.373 e. The molecule has 0 N–H and O–H groups in total. The third-order valence-corrected chi connectivity index (χ3v) is 4.22. The monoisotopic (exact) mass is 360 g/mol. The van der Waals surface area contributed by atoms with Gasteiger partial charge in [0.1, 0.15) is 5.69 Å². The lowest BCUT2D eigenvalue weighted by Gasteiger charge is -2.35. The Morgan fingerprint density at radius 1 is 1.20 bits per heavy atom. The van der Waals surface area contributed by atoms with Crippen molar-refractivity contribution in [1.29, 1.82) is 0 Å². The van der Waals surface area contributed by atoms with Gasteiger partial charge < -0.3 is 9.30 Å². The van der Waals surface area contributed by atoms with E-state index in [4.69, 9.17) is 4.74 Å². The largest absolute Gasteiger partial charge is 0.431 e. The quantitative estimate of drug-likeness (QED) is 0.758. The molecule has 0 aliphatic carbocycles. The Kier molecular flexibility index (Phi) is 6.05. The number of halogens is 3. The second kappa shape index (κ2) is 7.70. The van der Waals surface area contributed by atoms with Gasteiger partial charge in [-0.15, -0.1) is 0 Å². The standard InChI is InChI=1S/C17H23F3N2O3/c1-4-14(23)13-5-6-15(17(18,19)20)22(16(13)24)8-7-21-9-11(2)25-12(3)10-21/h5-6,11-12H,4,7-10H2,1-3H3/t11-,12-/m0/s1. The van der Waals surface area contributed by atoms with Crippen molar-refractivity contribution in [3.63, 3.8) is 0 Å². The van der Waals surface area contributed by atoms with Crippen LogP contribution in [0.1, 0.15) is 43.2 Å². The van der Waals surface area contributed by atoms with Gasteiger partial charge in [0.2, 0.25) is 0 Å². The molecule has 1 saturated heterocycles. The summed E-state index contributed by atoms with van der Waals surface area (Å²) in [4.78, 5) is 26.2. The van der Waals surface area contributed by atoms with Crippen LogP contribution in [0.3, 0.4) is 0 Å². The van der Waals surface area contributed by atoms with Crippen LogP contribution in [0.5, 0.6) is 0 Å². The van der Waals surface area contributed by atoms with Crippen LogP contribution >= 0.6 is 0 Å². The van der Waals surface area contributed by atoms with E-state index in [0.717, 1.165) is 12.1 Å². The molecular formula is C17H23F3N2O3. The van der Waals surface area contributed by atoms with Gasteiger partial charge in [0.15, 0.2) is 5.78 Å². The fourth-order valence-corrected chi connectivity index (χ4v) is 3.16. The maximum absolute atomic E-state index is 13.3. The molecule has 140 valence electrons. The van der Waals surface area contributed by atoms with E-state index in [-0.39, 0.29) is 37.3 Å². The maximum atomic E-state index is 13.3. The first-order valence-corrected chi connectivity index (χ1v) is 8.35. The fourth-order valence-electron chi connectivity index (χ4n) is 3.16. The molecule has 1 fully saturated rings. The Bertz CT molecular complexity index is 675. The summed E-state index contributed by atoms with van der Waals surface area (Å²) in [7, 11) is 0. The number of Topliss-reactive ketones (excluding diaryl/α,β-unsaturated/α-hetero) is 1. The number of ketones is 1. The number of rotatable bonds is 5. The van der Waals surface area contributed by atoms with Crippen LogP contribution in [-0.2, 0) is 17.5 Å². The van der Waals surface area contributed by atoms with E-state index >= 15 is 0 Å².